The fourth-order valence-electron chi connectivity index (χ4n) is 2.33. The molecule has 1 N–H and O–H groups in total. The molecule has 0 amide bonds. The first-order chi connectivity index (χ1) is 9.52. The number of nitrogens with zero attached hydrogens (tertiary/aromatic N) is 2. The molecule has 0 saturated heterocycles. The van der Waals surface area contributed by atoms with Crippen molar-refractivity contribution in [2.45, 2.75) is 54.1 Å². The van der Waals surface area contributed by atoms with E-state index >= 15 is 0 Å². The smallest absolute Gasteiger partial charge is 0.125 e. The van der Waals surface area contributed by atoms with Crippen LogP contribution in [0.15, 0.2) is 10.5 Å². The summed E-state index contributed by atoms with van der Waals surface area (Å²) in [4.78, 5) is 0. The average molecular weight is 275 g/mol. The van der Waals surface area contributed by atoms with Crippen LogP contribution < -0.4 is 5.32 Å². The summed E-state index contributed by atoms with van der Waals surface area (Å²) in [7, 11) is 0. The lowest BCUT2D eigenvalue weighted by Gasteiger charge is -2.01. The zero-order valence-corrected chi connectivity index (χ0v) is 13.2. The van der Waals surface area contributed by atoms with Crippen molar-refractivity contribution in [2.75, 3.05) is 6.54 Å². The van der Waals surface area contributed by atoms with Crippen LogP contribution in [0.2, 0.25) is 0 Å². The second-order valence-corrected chi connectivity index (χ2v) is 5.42. The normalized spacial score (nSPS) is 11.2. The number of nitrogens with one attached hydrogen (secondary N) is 1. The largest absolute Gasteiger partial charge is 0.464 e. The molecule has 4 nitrogen and oxygen atoms in total. The van der Waals surface area contributed by atoms with Crippen LogP contribution in [0.5, 0.6) is 0 Å². The molecule has 0 aliphatic carbocycles. The number of furan rings is 1. The summed E-state index contributed by atoms with van der Waals surface area (Å²) in [6.45, 7) is 13.1. The van der Waals surface area contributed by atoms with Crippen molar-refractivity contribution in [2.24, 2.45) is 0 Å². The van der Waals surface area contributed by atoms with E-state index in [4.69, 9.17) is 4.42 Å². The molecule has 0 aromatic carbocycles. The summed E-state index contributed by atoms with van der Waals surface area (Å²) < 4.78 is 7.87. The molecule has 0 radical (unpaired) electrons. The van der Waals surface area contributed by atoms with E-state index in [2.05, 4.69) is 37.3 Å². The Morgan fingerprint density at radius 2 is 2.00 bits per heavy atom. The van der Waals surface area contributed by atoms with Gasteiger partial charge < -0.3 is 9.73 Å². The van der Waals surface area contributed by atoms with E-state index in [0.717, 1.165) is 36.7 Å². The first-order valence-corrected chi connectivity index (χ1v) is 7.32. The average Bonchev–Trinajstić information content (AvgIpc) is 2.87. The molecule has 110 valence electrons. The summed E-state index contributed by atoms with van der Waals surface area (Å²) >= 11 is 0. The molecule has 0 atom stereocenters. The minimum absolute atomic E-state index is 0.704. The van der Waals surface area contributed by atoms with Gasteiger partial charge in [0, 0.05) is 17.8 Å². The van der Waals surface area contributed by atoms with Crippen LogP contribution in [-0.4, -0.2) is 16.3 Å². The van der Waals surface area contributed by atoms with Gasteiger partial charge in [0.1, 0.15) is 11.5 Å². The Balaban J connectivity index is 2.10. The highest BCUT2D eigenvalue weighted by molar-refractivity contribution is 5.24. The Morgan fingerprint density at radius 3 is 2.60 bits per heavy atom. The first-order valence-electron chi connectivity index (χ1n) is 7.32. The zero-order valence-electron chi connectivity index (χ0n) is 13.2. The first kappa shape index (κ1) is 14.9. The zero-order chi connectivity index (χ0) is 14.7. The third-order valence-electron chi connectivity index (χ3n) is 3.86. The van der Waals surface area contributed by atoms with E-state index in [1.807, 2.05) is 18.5 Å². The van der Waals surface area contributed by atoms with Gasteiger partial charge >= 0.3 is 0 Å². The molecule has 0 fully saturated rings. The SMILES string of the molecule is CCCNCc1cc(Cn2nc(C)c(C)c2C)oc1C. The molecule has 0 spiro atoms. The van der Waals surface area contributed by atoms with Gasteiger partial charge in [-0.2, -0.15) is 5.10 Å². The minimum Gasteiger partial charge on any atom is -0.464 e. The molecule has 0 bridgehead atoms. The van der Waals surface area contributed by atoms with Crippen molar-refractivity contribution in [3.05, 3.63) is 40.1 Å². The molecule has 0 aliphatic heterocycles. The number of hydrogen-bond acceptors (Lipinski definition) is 3. The van der Waals surface area contributed by atoms with Crippen LogP contribution >= 0.6 is 0 Å². The van der Waals surface area contributed by atoms with Crippen LogP contribution in [0.25, 0.3) is 0 Å². The van der Waals surface area contributed by atoms with E-state index in [0.29, 0.717) is 6.54 Å². The van der Waals surface area contributed by atoms with E-state index in [1.165, 1.54) is 16.8 Å². The van der Waals surface area contributed by atoms with Crippen molar-refractivity contribution >= 4 is 0 Å². The minimum atomic E-state index is 0.704. The van der Waals surface area contributed by atoms with Crippen LogP contribution in [0.4, 0.5) is 0 Å². The van der Waals surface area contributed by atoms with Gasteiger partial charge in [-0.15, -0.1) is 0 Å². The second kappa shape index (κ2) is 6.27. The highest BCUT2D eigenvalue weighted by atomic mass is 16.3. The highest BCUT2D eigenvalue weighted by Crippen LogP contribution is 2.18. The number of aromatic nitrogens is 2. The van der Waals surface area contributed by atoms with E-state index in [9.17, 15) is 0 Å². The summed E-state index contributed by atoms with van der Waals surface area (Å²) in [5.74, 6) is 1.98. The molecule has 0 unspecified atom stereocenters. The number of aryl methyl sites for hydroxylation is 2. The molecular weight excluding hydrogens is 250 g/mol. The Bertz CT molecular complexity index is 581. The summed E-state index contributed by atoms with van der Waals surface area (Å²) in [5.41, 5.74) is 4.81. The highest BCUT2D eigenvalue weighted by Gasteiger charge is 2.11. The maximum absolute atomic E-state index is 5.85. The van der Waals surface area contributed by atoms with Crippen molar-refractivity contribution in [3.63, 3.8) is 0 Å². The van der Waals surface area contributed by atoms with Gasteiger partial charge in [-0.25, -0.2) is 0 Å². The lowest BCUT2D eigenvalue weighted by atomic mass is 10.2. The van der Waals surface area contributed by atoms with E-state index < -0.39 is 0 Å². The topological polar surface area (TPSA) is 43.0 Å². The predicted octanol–water partition coefficient (Wildman–Crippen LogP) is 3.26. The molecule has 2 heterocycles. The molecule has 2 aromatic heterocycles. The van der Waals surface area contributed by atoms with Gasteiger partial charge in [0.05, 0.1) is 12.2 Å². The summed E-state index contributed by atoms with van der Waals surface area (Å²) in [6.07, 6.45) is 1.15. The van der Waals surface area contributed by atoms with Crippen LogP contribution in [0.3, 0.4) is 0 Å². The standard InChI is InChI=1S/C16H25N3O/c1-6-7-17-9-15-8-16(20-14(15)5)10-19-13(4)11(2)12(3)18-19/h8,17H,6-7,9-10H2,1-5H3. The quantitative estimate of drug-likeness (QED) is 0.823. The Labute approximate surface area is 121 Å². The predicted molar refractivity (Wildman–Crippen MR) is 81.0 cm³/mol. The number of rotatable bonds is 6. The van der Waals surface area contributed by atoms with Gasteiger partial charge in [-0.3, -0.25) is 4.68 Å². The monoisotopic (exact) mass is 275 g/mol. The molecule has 20 heavy (non-hydrogen) atoms. The van der Waals surface area contributed by atoms with Crippen molar-refractivity contribution in [1.29, 1.82) is 0 Å². The molecule has 0 aliphatic rings. The van der Waals surface area contributed by atoms with E-state index in [1.54, 1.807) is 0 Å². The molecule has 2 aromatic rings. The Morgan fingerprint density at radius 1 is 1.25 bits per heavy atom. The lowest BCUT2D eigenvalue weighted by Crippen LogP contribution is -2.13. The van der Waals surface area contributed by atoms with Gasteiger partial charge in [0.2, 0.25) is 0 Å². The second-order valence-electron chi connectivity index (χ2n) is 5.42. The summed E-state index contributed by atoms with van der Waals surface area (Å²) in [5, 5.41) is 7.97. The molecule has 2 rings (SSSR count). The fraction of sp³-hybridized carbons (Fsp3) is 0.562. The van der Waals surface area contributed by atoms with Crippen LogP contribution in [0.1, 0.15) is 47.4 Å². The molecular formula is C16H25N3O. The Kier molecular flexibility index (Phi) is 4.65. The Hall–Kier alpha value is -1.55. The maximum Gasteiger partial charge on any atom is 0.125 e. The number of hydrogen-bond donors (Lipinski definition) is 1. The maximum atomic E-state index is 5.85. The molecule has 0 saturated carbocycles. The van der Waals surface area contributed by atoms with Gasteiger partial charge in [-0.05, 0) is 52.3 Å². The van der Waals surface area contributed by atoms with E-state index in [-0.39, 0.29) is 0 Å². The van der Waals surface area contributed by atoms with Gasteiger partial charge in [0.25, 0.3) is 0 Å². The van der Waals surface area contributed by atoms with Crippen LogP contribution in [-0.2, 0) is 13.1 Å². The van der Waals surface area contributed by atoms with Crippen molar-refractivity contribution < 1.29 is 4.42 Å². The molecule has 4 heteroatoms. The van der Waals surface area contributed by atoms with Crippen molar-refractivity contribution in [1.82, 2.24) is 15.1 Å². The lowest BCUT2D eigenvalue weighted by molar-refractivity contribution is 0.453. The van der Waals surface area contributed by atoms with Gasteiger partial charge in [0.15, 0.2) is 0 Å². The fourth-order valence-corrected chi connectivity index (χ4v) is 2.33. The third kappa shape index (κ3) is 3.12. The third-order valence-corrected chi connectivity index (χ3v) is 3.86. The summed E-state index contributed by atoms with van der Waals surface area (Å²) in [6, 6.07) is 2.14. The van der Waals surface area contributed by atoms with Crippen molar-refractivity contribution in [3.8, 4) is 0 Å². The van der Waals surface area contributed by atoms with Crippen LogP contribution in [0, 0.1) is 27.7 Å². The van der Waals surface area contributed by atoms with Gasteiger partial charge in [-0.1, -0.05) is 6.92 Å².